The second-order valence-electron chi connectivity index (χ2n) is 11.4. The average Bonchev–Trinajstić information content (AvgIpc) is 3.73. The Morgan fingerprint density at radius 3 is 0.739 bits per heavy atom. The molecule has 2 saturated carbocycles. The lowest BCUT2D eigenvalue weighted by Crippen LogP contribution is -2.57. The molecular formula is C28H28F8N4O6. The molecule has 0 radical (unpaired) electrons. The van der Waals surface area contributed by atoms with Gasteiger partial charge in [-0.3, -0.25) is 19.2 Å². The highest BCUT2D eigenvalue weighted by atomic mass is 19.2. The molecule has 0 saturated heterocycles. The standard InChI is InChI=1S/C28H28F8N4O6/c29-17-9-5-37-25(41)13-1-2-14(45-13)26(42)38-6-10-19(31)23(35)12(24(36)20(10)32)8-40-28(44)16-4-3-15(46-16)27(43)39-7-11(21(17)33)22(34)18(9)30/h1-4,9-12,17-24H,5-8H2,(H,37,41)(H,38,42)(H,39,43)(H,40,44)/t9?,10?,11?,12?,17-,18+,19-,20+,21+,22-,23+,24-. The van der Waals surface area contributed by atoms with Crippen molar-refractivity contribution in [3.05, 3.63) is 47.3 Å². The number of nitrogens with one attached hydrogen (secondary N) is 4. The molecule has 4 aliphatic heterocycles. The molecule has 252 valence electrons. The van der Waals surface area contributed by atoms with Gasteiger partial charge in [0.15, 0.2) is 23.0 Å². The Bertz CT molecular complexity index is 1220. The summed E-state index contributed by atoms with van der Waals surface area (Å²) in [6.45, 7) is -3.58. The van der Waals surface area contributed by atoms with Gasteiger partial charge in [-0.15, -0.1) is 0 Å². The molecule has 2 aromatic rings. The maximum absolute atomic E-state index is 14.9. The molecule has 12 atom stereocenters. The normalized spacial score (nSPS) is 38.1. The summed E-state index contributed by atoms with van der Waals surface area (Å²) in [4.78, 5) is 50.0. The molecule has 6 aliphatic rings. The van der Waals surface area contributed by atoms with Gasteiger partial charge in [0.05, 0.1) is 0 Å². The van der Waals surface area contributed by atoms with E-state index in [0.717, 1.165) is 24.3 Å². The zero-order chi connectivity index (χ0) is 33.4. The maximum Gasteiger partial charge on any atom is 0.287 e. The van der Waals surface area contributed by atoms with Gasteiger partial charge >= 0.3 is 0 Å². The first-order valence-corrected chi connectivity index (χ1v) is 14.2. The van der Waals surface area contributed by atoms with Crippen LogP contribution >= 0.6 is 0 Å². The smallest absolute Gasteiger partial charge is 0.287 e. The number of carbonyl (C=O) groups is 4. The molecular weight excluding hydrogens is 640 g/mol. The van der Waals surface area contributed by atoms with Crippen molar-refractivity contribution >= 4 is 23.6 Å². The second kappa shape index (κ2) is 13.3. The number of amides is 4. The molecule has 0 spiro atoms. The van der Waals surface area contributed by atoms with Crippen LogP contribution in [0.4, 0.5) is 35.1 Å². The predicted octanol–water partition coefficient (Wildman–Crippen LogP) is 2.70. The van der Waals surface area contributed by atoms with Gasteiger partial charge in [-0.2, -0.15) is 0 Å². The largest absolute Gasteiger partial charge is 0.446 e. The molecule has 8 rings (SSSR count). The molecule has 4 N–H and O–H groups in total. The fourth-order valence-electron chi connectivity index (χ4n) is 5.85. The van der Waals surface area contributed by atoms with E-state index in [2.05, 4.69) is 21.3 Å². The fourth-order valence-corrected chi connectivity index (χ4v) is 5.85. The first kappa shape index (κ1) is 33.2. The third-order valence-corrected chi connectivity index (χ3v) is 8.59. The Labute approximate surface area is 255 Å². The van der Waals surface area contributed by atoms with Crippen LogP contribution in [0.3, 0.4) is 0 Å². The van der Waals surface area contributed by atoms with Gasteiger partial charge in [-0.1, -0.05) is 0 Å². The van der Waals surface area contributed by atoms with E-state index in [4.69, 9.17) is 8.83 Å². The fraction of sp³-hybridized carbons (Fsp3) is 0.571. The van der Waals surface area contributed by atoms with Crippen LogP contribution in [-0.4, -0.2) is 99.2 Å². The number of hydrogen-bond donors (Lipinski definition) is 4. The van der Waals surface area contributed by atoms with Gasteiger partial charge in [0.25, 0.3) is 23.6 Å². The third kappa shape index (κ3) is 6.29. The molecule has 6 heterocycles. The zero-order valence-corrected chi connectivity index (χ0v) is 23.5. The van der Waals surface area contributed by atoms with Crippen molar-refractivity contribution in [1.82, 2.24) is 21.3 Å². The van der Waals surface area contributed by atoms with Crippen LogP contribution in [-0.2, 0) is 0 Å². The summed E-state index contributed by atoms with van der Waals surface area (Å²) in [7, 11) is 0. The number of carbonyl (C=O) groups excluding carboxylic acids is 4. The van der Waals surface area contributed by atoms with Crippen molar-refractivity contribution < 1.29 is 63.1 Å². The number of alkyl halides is 8. The highest BCUT2D eigenvalue weighted by Gasteiger charge is 2.54. The lowest BCUT2D eigenvalue weighted by molar-refractivity contribution is -0.0753. The summed E-state index contributed by atoms with van der Waals surface area (Å²) in [5.74, 6) is -14.8. The second-order valence-corrected chi connectivity index (χ2v) is 11.4. The topological polar surface area (TPSA) is 143 Å². The Morgan fingerprint density at radius 1 is 0.391 bits per heavy atom. The molecule has 4 unspecified atom stereocenters. The predicted molar refractivity (Wildman–Crippen MR) is 140 cm³/mol. The van der Waals surface area contributed by atoms with Crippen molar-refractivity contribution in [3.63, 3.8) is 0 Å². The lowest BCUT2D eigenvalue weighted by Gasteiger charge is -2.39. The third-order valence-electron chi connectivity index (χ3n) is 8.59. The Hall–Kier alpha value is -4.12. The number of rotatable bonds is 0. The molecule has 2 fully saturated rings. The Kier molecular flexibility index (Phi) is 9.62. The molecule has 2 aliphatic carbocycles. The number of hydrogen-bond acceptors (Lipinski definition) is 6. The summed E-state index contributed by atoms with van der Waals surface area (Å²) in [6, 6.07) is 3.83. The SMILES string of the molecule is O=C1NCC2[C@@H](F)[C@@H](F)C(CNC(=O)c3ccc(o3)C(=O)NCC3[C@@H](F)[C@@H](F)C(CNC(=O)c4ccc1o4)[C@@H](F)[C@H]3F)[C@@H](F)[C@H]2F. The summed E-state index contributed by atoms with van der Waals surface area (Å²) in [6.07, 6.45) is -20.9. The Morgan fingerprint density at radius 2 is 0.565 bits per heavy atom. The van der Waals surface area contributed by atoms with Crippen LogP contribution in [0.25, 0.3) is 0 Å². The van der Waals surface area contributed by atoms with Crippen molar-refractivity contribution in [3.8, 4) is 0 Å². The number of furan rings is 2. The van der Waals surface area contributed by atoms with Gasteiger partial charge in [0, 0.05) is 49.9 Å². The molecule has 4 amide bonds. The van der Waals surface area contributed by atoms with E-state index in [1.165, 1.54) is 0 Å². The minimum Gasteiger partial charge on any atom is -0.446 e. The van der Waals surface area contributed by atoms with E-state index in [1.807, 2.05) is 0 Å². The zero-order valence-electron chi connectivity index (χ0n) is 23.5. The van der Waals surface area contributed by atoms with Crippen LogP contribution in [0.15, 0.2) is 33.1 Å². The van der Waals surface area contributed by atoms with Gasteiger partial charge in [0.1, 0.15) is 49.4 Å². The van der Waals surface area contributed by atoms with E-state index < -0.39 is 146 Å². The first-order valence-electron chi connectivity index (χ1n) is 14.2. The minimum atomic E-state index is -2.61. The minimum absolute atomic E-state index is 0.578. The lowest BCUT2D eigenvalue weighted by atomic mass is 9.76. The van der Waals surface area contributed by atoms with Crippen LogP contribution < -0.4 is 21.3 Å². The highest BCUT2D eigenvalue weighted by Crippen LogP contribution is 2.39. The van der Waals surface area contributed by atoms with Crippen LogP contribution in [0.2, 0.25) is 0 Å². The maximum atomic E-state index is 14.9. The van der Waals surface area contributed by atoms with E-state index in [1.54, 1.807) is 0 Å². The molecule has 46 heavy (non-hydrogen) atoms. The summed E-state index contributed by atoms with van der Waals surface area (Å²) >= 11 is 0. The molecule has 2 aromatic heterocycles. The summed E-state index contributed by atoms with van der Waals surface area (Å²) in [5, 5.41) is 8.24. The van der Waals surface area contributed by atoms with Crippen molar-refractivity contribution in [2.24, 2.45) is 23.7 Å². The van der Waals surface area contributed by atoms with E-state index in [9.17, 15) is 54.3 Å². The summed E-state index contributed by atoms with van der Waals surface area (Å²) in [5.41, 5.74) is 0. The van der Waals surface area contributed by atoms with E-state index in [0.29, 0.717) is 0 Å². The number of halogens is 8. The molecule has 18 heteroatoms. The average molecular weight is 669 g/mol. The van der Waals surface area contributed by atoms with Crippen molar-refractivity contribution in [1.29, 1.82) is 0 Å². The highest BCUT2D eigenvalue weighted by molar-refractivity contribution is 5.96. The molecule has 8 bridgehead atoms. The van der Waals surface area contributed by atoms with Gasteiger partial charge in [-0.25, -0.2) is 35.1 Å². The van der Waals surface area contributed by atoms with Crippen LogP contribution in [0.1, 0.15) is 42.2 Å². The quantitative estimate of drug-likeness (QED) is 0.318. The summed E-state index contributed by atoms with van der Waals surface area (Å²) < 4.78 is 130. The monoisotopic (exact) mass is 668 g/mol. The molecule has 10 nitrogen and oxygen atoms in total. The van der Waals surface area contributed by atoms with Crippen LogP contribution in [0.5, 0.6) is 0 Å². The van der Waals surface area contributed by atoms with E-state index >= 15 is 0 Å². The van der Waals surface area contributed by atoms with E-state index in [-0.39, 0.29) is 0 Å². The van der Waals surface area contributed by atoms with Crippen LogP contribution in [0, 0.1) is 23.7 Å². The van der Waals surface area contributed by atoms with Gasteiger partial charge < -0.3 is 30.1 Å². The first-order chi connectivity index (χ1) is 21.8. The van der Waals surface area contributed by atoms with Gasteiger partial charge in [0.2, 0.25) is 0 Å². The van der Waals surface area contributed by atoms with Crippen molar-refractivity contribution in [2.45, 2.75) is 49.4 Å². The molecule has 0 aromatic carbocycles. The van der Waals surface area contributed by atoms with Crippen molar-refractivity contribution in [2.75, 3.05) is 26.2 Å². The van der Waals surface area contributed by atoms with Gasteiger partial charge in [-0.05, 0) is 24.3 Å². The Balaban J connectivity index is 1.38.